The summed E-state index contributed by atoms with van der Waals surface area (Å²) in [5.41, 5.74) is 3.47. The van der Waals surface area contributed by atoms with Gasteiger partial charge in [0.15, 0.2) is 0 Å². The predicted octanol–water partition coefficient (Wildman–Crippen LogP) is 5.05. The van der Waals surface area contributed by atoms with Crippen LogP contribution < -0.4 is 14.8 Å². The van der Waals surface area contributed by atoms with E-state index in [4.69, 9.17) is 9.47 Å². The lowest BCUT2D eigenvalue weighted by Gasteiger charge is -2.25. The van der Waals surface area contributed by atoms with Crippen molar-refractivity contribution in [3.8, 4) is 22.6 Å². The first kappa shape index (κ1) is 17.5. The van der Waals surface area contributed by atoms with Crippen LogP contribution in [0.15, 0.2) is 47.8 Å². The standard InChI is InChI=1S/C21H18FNO3S/c1-25-14-7-8-18(26-2)15(9-14)16-10-19(24)23-20-17(11-27-21(16)20)12-3-5-13(22)6-4-12/h3-9,11,16H,10H2,1-2H3,(H,23,24)/t16-/m1/s1. The minimum atomic E-state index is -0.286. The Morgan fingerprint density at radius 1 is 1.11 bits per heavy atom. The third-order valence-electron chi connectivity index (χ3n) is 4.76. The number of ether oxygens (including phenoxy) is 2. The van der Waals surface area contributed by atoms with E-state index in [0.29, 0.717) is 12.2 Å². The third kappa shape index (κ3) is 3.17. The van der Waals surface area contributed by atoms with Crippen LogP contribution in [0.3, 0.4) is 0 Å². The summed E-state index contributed by atoms with van der Waals surface area (Å²) < 4.78 is 24.2. The minimum absolute atomic E-state index is 0.0564. The van der Waals surface area contributed by atoms with Crippen molar-refractivity contribution in [3.63, 3.8) is 0 Å². The Morgan fingerprint density at radius 3 is 2.59 bits per heavy atom. The maximum Gasteiger partial charge on any atom is 0.225 e. The second kappa shape index (κ2) is 7.04. The zero-order chi connectivity index (χ0) is 19.0. The molecule has 27 heavy (non-hydrogen) atoms. The van der Waals surface area contributed by atoms with Gasteiger partial charge in [0.25, 0.3) is 0 Å². The Bertz CT molecular complexity index is 997. The Morgan fingerprint density at radius 2 is 1.89 bits per heavy atom. The molecule has 1 aromatic heterocycles. The highest BCUT2D eigenvalue weighted by Crippen LogP contribution is 2.48. The van der Waals surface area contributed by atoms with E-state index in [1.807, 2.05) is 23.6 Å². The fourth-order valence-electron chi connectivity index (χ4n) is 3.43. The molecule has 0 bridgehead atoms. The number of methoxy groups -OCH3 is 2. The highest BCUT2D eigenvalue weighted by molar-refractivity contribution is 7.11. The molecule has 0 saturated carbocycles. The van der Waals surface area contributed by atoms with Crippen molar-refractivity contribution < 1.29 is 18.7 Å². The molecule has 138 valence electrons. The summed E-state index contributed by atoms with van der Waals surface area (Å²) in [6, 6.07) is 11.9. The fraction of sp³-hybridized carbons (Fsp3) is 0.190. The van der Waals surface area contributed by atoms with E-state index < -0.39 is 0 Å². The first-order valence-corrected chi connectivity index (χ1v) is 9.37. The molecule has 4 rings (SSSR count). The van der Waals surface area contributed by atoms with Gasteiger partial charge < -0.3 is 14.8 Å². The number of anilines is 1. The molecule has 0 fully saturated rings. The molecule has 1 N–H and O–H groups in total. The summed E-state index contributed by atoms with van der Waals surface area (Å²) >= 11 is 1.58. The Balaban J connectivity index is 1.83. The number of carbonyl (C=O) groups is 1. The molecular formula is C21H18FNO3S. The summed E-state index contributed by atoms with van der Waals surface area (Å²) in [6.07, 6.45) is 0.333. The van der Waals surface area contributed by atoms with Gasteiger partial charge in [-0.05, 0) is 35.9 Å². The van der Waals surface area contributed by atoms with Crippen molar-refractivity contribution in [1.29, 1.82) is 0 Å². The average Bonchev–Trinajstić information content (AvgIpc) is 3.11. The van der Waals surface area contributed by atoms with E-state index in [-0.39, 0.29) is 17.6 Å². The lowest BCUT2D eigenvalue weighted by Crippen LogP contribution is -2.22. The van der Waals surface area contributed by atoms with Crippen molar-refractivity contribution in [2.75, 3.05) is 19.5 Å². The average molecular weight is 383 g/mol. The summed E-state index contributed by atoms with van der Waals surface area (Å²) in [4.78, 5) is 13.5. The van der Waals surface area contributed by atoms with Crippen LogP contribution in [0, 0.1) is 5.82 Å². The topological polar surface area (TPSA) is 47.6 Å². The summed E-state index contributed by atoms with van der Waals surface area (Å²) in [5.74, 6) is 0.967. The molecule has 1 aliphatic heterocycles. The molecule has 1 atom stereocenters. The number of rotatable bonds is 4. The van der Waals surface area contributed by atoms with Crippen LogP contribution in [0.2, 0.25) is 0 Å². The number of benzene rings is 2. The lowest BCUT2D eigenvalue weighted by molar-refractivity contribution is -0.116. The smallest absolute Gasteiger partial charge is 0.225 e. The van der Waals surface area contributed by atoms with E-state index in [1.165, 1.54) is 12.1 Å². The van der Waals surface area contributed by atoms with E-state index >= 15 is 0 Å². The Kier molecular flexibility index (Phi) is 4.58. The number of hydrogen-bond acceptors (Lipinski definition) is 4. The third-order valence-corrected chi connectivity index (χ3v) is 5.85. The molecular weight excluding hydrogens is 365 g/mol. The lowest BCUT2D eigenvalue weighted by atomic mass is 9.88. The maximum atomic E-state index is 13.3. The van der Waals surface area contributed by atoms with Gasteiger partial charge in [0.1, 0.15) is 17.3 Å². The molecule has 0 radical (unpaired) electrons. The number of fused-ring (bicyclic) bond motifs is 1. The highest BCUT2D eigenvalue weighted by atomic mass is 32.1. The van der Waals surface area contributed by atoms with Crippen molar-refractivity contribution in [3.05, 3.63) is 64.1 Å². The predicted molar refractivity (Wildman–Crippen MR) is 104 cm³/mol. The SMILES string of the molecule is COc1ccc(OC)c([C@H]2CC(=O)Nc3c(-c4ccc(F)cc4)csc32)c1. The Labute approximate surface area is 160 Å². The molecule has 4 nitrogen and oxygen atoms in total. The zero-order valence-corrected chi connectivity index (χ0v) is 15.7. The minimum Gasteiger partial charge on any atom is -0.497 e. The van der Waals surface area contributed by atoms with Crippen molar-refractivity contribution >= 4 is 22.9 Å². The molecule has 0 saturated heterocycles. The molecule has 2 aromatic carbocycles. The van der Waals surface area contributed by atoms with Crippen LogP contribution in [0.4, 0.5) is 10.1 Å². The van der Waals surface area contributed by atoms with Crippen LogP contribution in [-0.4, -0.2) is 20.1 Å². The normalized spacial score (nSPS) is 15.8. The van der Waals surface area contributed by atoms with Crippen molar-refractivity contribution in [2.45, 2.75) is 12.3 Å². The molecule has 1 aliphatic rings. The van der Waals surface area contributed by atoms with Crippen LogP contribution >= 0.6 is 11.3 Å². The van der Waals surface area contributed by atoms with Crippen LogP contribution in [-0.2, 0) is 4.79 Å². The largest absolute Gasteiger partial charge is 0.497 e. The molecule has 0 spiro atoms. The second-order valence-corrected chi connectivity index (χ2v) is 7.22. The molecule has 6 heteroatoms. The summed E-state index contributed by atoms with van der Waals surface area (Å²) in [7, 11) is 3.23. The van der Waals surface area contributed by atoms with E-state index in [2.05, 4.69) is 5.32 Å². The first-order chi connectivity index (χ1) is 13.1. The van der Waals surface area contributed by atoms with Crippen LogP contribution in [0.5, 0.6) is 11.5 Å². The molecule has 0 aliphatic carbocycles. The fourth-order valence-corrected chi connectivity index (χ4v) is 4.58. The van der Waals surface area contributed by atoms with Crippen LogP contribution in [0.1, 0.15) is 22.8 Å². The van der Waals surface area contributed by atoms with Gasteiger partial charge >= 0.3 is 0 Å². The molecule has 0 unspecified atom stereocenters. The summed E-state index contributed by atoms with van der Waals surface area (Å²) in [6.45, 7) is 0. The number of amides is 1. The van der Waals surface area contributed by atoms with Gasteiger partial charge in [-0.25, -0.2) is 4.39 Å². The van der Waals surface area contributed by atoms with Gasteiger partial charge in [-0.2, -0.15) is 0 Å². The molecule has 2 heterocycles. The zero-order valence-electron chi connectivity index (χ0n) is 14.9. The molecule has 3 aromatic rings. The van der Waals surface area contributed by atoms with Gasteiger partial charge in [0.05, 0.1) is 19.9 Å². The monoisotopic (exact) mass is 383 g/mol. The van der Waals surface area contributed by atoms with Crippen LogP contribution in [0.25, 0.3) is 11.1 Å². The number of hydrogen-bond donors (Lipinski definition) is 1. The summed E-state index contributed by atoms with van der Waals surface area (Å²) in [5, 5.41) is 5.00. The van der Waals surface area contributed by atoms with E-state index in [9.17, 15) is 9.18 Å². The first-order valence-electron chi connectivity index (χ1n) is 8.49. The Hall–Kier alpha value is -2.86. The number of thiophene rings is 1. The number of carbonyl (C=O) groups excluding carboxylic acids is 1. The van der Waals surface area contributed by atoms with Crippen molar-refractivity contribution in [1.82, 2.24) is 0 Å². The van der Waals surface area contributed by atoms with Gasteiger partial charge in [0, 0.05) is 33.7 Å². The highest BCUT2D eigenvalue weighted by Gasteiger charge is 2.32. The van der Waals surface area contributed by atoms with Gasteiger partial charge in [-0.15, -0.1) is 11.3 Å². The van der Waals surface area contributed by atoms with Gasteiger partial charge in [-0.1, -0.05) is 12.1 Å². The van der Waals surface area contributed by atoms with Crippen molar-refractivity contribution in [2.24, 2.45) is 0 Å². The second-order valence-electron chi connectivity index (χ2n) is 6.31. The van der Waals surface area contributed by atoms with Gasteiger partial charge in [-0.3, -0.25) is 4.79 Å². The molecule has 1 amide bonds. The quantitative estimate of drug-likeness (QED) is 0.686. The maximum absolute atomic E-state index is 13.3. The number of nitrogens with one attached hydrogen (secondary N) is 1. The number of halogens is 1. The van der Waals surface area contributed by atoms with Gasteiger partial charge in [0.2, 0.25) is 5.91 Å². The van der Waals surface area contributed by atoms with E-state index in [0.717, 1.165) is 33.0 Å². The van der Waals surface area contributed by atoms with E-state index in [1.54, 1.807) is 37.7 Å².